The van der Waals surface area contributed by atoms with Crippen LogP contribution in [-0.2, 0) is 4.74 Å². The summed E-state index contributed by atoms with van der Waals surface area (Å²) >= 11 is 0. The molecule has 0 N–H and O–H groups in total. The number of fused-ring (bicyclic) bond motifs is 1. The van der Waals surface area contributed by atoms with Crippen molar-refractivity contribution in [1.29, 1.82) is 0 Å². The number of nitrogens with zero attached hydrogens (tertiary/aromatic N) is 2. The van der Waals surface area contributed by atoms with Crippen LogP contribution in [0.4, 0.5) is 0 Å². The molecule has 2 aromatic rings. The maximum absolute atomic E-state index is 12.6. The van der Waals surface area contributed by atoms with Gasteiger partial charge in [-0.1, -0.05) is 24.3 Å². The van der Waals surface area contributed by atoms with Crippen LogP contribution >= 0.6 is 0 Å². The van der Waals surface area contributed by atoms with Crippen LogP contribution in [0.3, 0.4) is 0 Å². The molecule has 1 aromatic carbocycles. The summed E-state index contributed by atoms with van der Waals surface area (Å²) in [4.78, 5) is 18.8. The molecular formula is C16H18N2O2. The van der Waals surface area contributed by atoms with Crippen LogP contribution in [0.15, 0.2) is 36.5 Å². The van der Waals surface area contributed by atoms with Crippen molar-refractivity contribution in [3.8, 4) is 0 Å². The molecule has 3 rings (SSSR count). The van der Waals surface area contributed by atoms with E-state index in [9.17, 15) is 4.79 Å². The molecule has 2 heterocycles. The largest absolute Gasteiger partial charge is 0.381 e. The highest BCUT2D eigenvalue weighted by molar-refractivity contribution is 6.05. The number of carbonyl (C=O) groups is 1. The molecule has 0 bridgehead atoms. The Kier molecular flexibility index (Phi) is 3.65. The number of ether oxygens (including phenoxy) is 1. The monoisotopic (exact) mass is 270 g/mol. The second kappa shape index (κ2) is 5.59. The number of carbonyl (C=O) groups excluding carboxylic acids is 1. The fraction of sp³-hybridized carbons (Fsp3) is 0.375. The molecule has 1 aliphatic rings. The smallest absolute Gasteiger partial charge is 0.273 e. The zero-order valence-corrected chi connectivity index (χ0v) is 11.6. The van der Waals surface area contributed by atoms with Gasteiger partial charge in [-0.2, -0.15) is 0 Å². The van der Waals surface area contributed by atoms with Crippen molar-refractivity contribution in [2.45, 2.75) is 18.9 Å². The van der Waals surface area contributed by atoms with E-state index in [4.69, 9.17) is 4.74 Å². The Balaban J connectivity index is 1.86. The quantitative estimate of drug-likeness (QED) is 0.842. The molecule has 0 aliphatic carbocycles. The molecule has 1 saturated heterocycles. The Bertz CT molecular complexity index is 613. The number of amides is 1. The first kappa shape index (κ1) is 13.1. The number of pyridine rings is 1. The second-order valence-electron chi connectivity index (χ2n) is 5.11. The molecule has 4 heteroatoms. The van der Waals surface area contributed by atoms with E-state index in [1.165, 1.54) is 0 Å². The third-order valence-corrected chi connectivity index (χ3v) is 3.94. The van der Waals surface area contributed by atoms with Crippen LogP contribution in [0.25, 0.3) is 10.8 Å². The van der Waals surface area contributed by atoms with Gasteiger partial charge in [-0.25, -0.2) is 0 Å². The summed E-state index contributed by atoms with van der Waals surface area (Å²) in [5.74, 6) is 0.0244. The molecule has 1 aromatic heterocycles. The normalized spacial score (nSPS) is 16.6. The maximum atomic E-state index is 12.6. The minimum atomic E-state index is 0.0244. The molecule has 0 spiro atoms. The van der Waals surface area contributed by atoms with Crippen molar-refractivity contribution in [3.63, 3.8) is 0 Å². The van der Waals surface area contributed by atoms with Gasteiger partial charge < -0.3 is 9.64 Å². The molecule has 4 nitrogen and oxygen atoms in total. The van der Waals surface area contributed by atoms with E-state index in [0.717, 1.165) is 36.7 Å². The fourth-order valence-corrected chi connectivity index (χ4v) is 2.73. The van der Waals surface area contributed by atoms with Gasteiger partial charge in [-0.05, 0) is 24.3 Å². The summed E-state index contributed by atoms with van der Waals surface area (Å²) < 4.78 is 5.34. The molecule has 1 aliphatic heterocycles. The van der Waals surface area contributed by atoms with Crippen LogP contribution in [0.1, 0.15) is 23.3 Å². The summed E-state index contributed by atoms with van der Waals surface area (Å²) in [6, 6.07) is 9.81. The lowest BCUT2D eigenvalue weighted by Crippen LogP contribution is -2.41. The first-order chi connectivity index (χ1) is 9.79. The zero-order chi connectivity index (χ0) is 13.9. The Hall–Kier alpha value is -1.94. The standard InChI is InChI=1S/C16H18N2O2/c1-20-13-7-10-18(11-8-13)16(19)15-14-5-3-2-4-12(14)6-9-17-15/h2-6,9,13H,7-8,10-11H2,1H3. The Labute approximate surface area is 118 Å². The number of benzene rings is 1. The van der Waals surface area contributed by atoms with Gasteiger partial charge in [0.05, 0.1) is 6.10 Å². The lowest BCUT2D eigenvalue weighted by atomic mass is 10.1. The molecule has 0 radical (unpaired) electrons. The molecule has 20 heavy (non-hydrogen) atoms. The number of likely N-dealkylation sites (tertiary alicyclic amines) is 1. The number of piperidine rings is 1. The third-order valence-electron chi connectivity index (χ3n) is 3.94. The van der Waals surface area contributed by atoms with Crippen LogP contribution < -0.4 is 0 Å². The number of rotatable bonds is 2. The van der Waals surface area contributed by atoms with Gasteiger partial charge in [0.15, 0.2) is 0 Å². The van der Waals surface area contributed by atoms with Crippen molar-refractivity contribution in [2.24, 2.45) is 0 Å². The van der Waals surface area contributed by atoms with Crippen LogP contribution in [0.5, 0.6) is 0 Å². The lowest BCUT2D eigenvalue weighted by Gasteiger charge is -2.31. The average molecular weight is 270 g/mol. The van der Waals surface area contributed by atoms with Crippen molar-refractivity contribution in [3.05, 3.63) is 42.2 Å². The van der Waals surface area contributed by atoms with Crippen LogP contribution in [0.2, 0.25) is 0 Å². The predicted octanol–water partition coefficient (Wildman–Crippen LogP) is 2.49. The first-order valence-corrected chi connectivity index (χ1v) is 6.95. The van der Waals surface area contributed by atoms with Gasteiger partial charge in [0.1, 0.15) is 5.69 Å². The minimum Gasteiger partial charge on any atom is -0.381 e. The van der Waals surface area contributed by atoms with E-state index < -0.39 is 0 Å². The minimum absolute atomic E-state index is 0.0244. The lowest BCUT2D eigenvalue weighted by molar-refractivity contribution is 0.0349. The summed E-state index contributed by atoms with van der Waals surface area (Å²) in [6.07, 6.45) is 3.77. The van der Waals surface area contributed by atoms with Crippen molar-refractivity contribution in [1.82, 2.24) is 9.88 Å². The average Bonchev–Trinajstić information content (AvgIpc) is 2.54. The van der Waals surface area contributed by atoms with E-state index in [1.54, 1.807) is 13.3 Å². The molecule has 0 atom stereocenters. The third kappa shape index (κ3) is 2.39. The predicted molar refractivity (Wildman–Crippen MR) is 77.7 cm³/mol. The van der Waals surface area contributed by atoms with Gasteiger partial charge in [0.2, 0.25) is 0 Å². The highest BCUT2D eigenvalue weighted by atomic mass is 16.5. The molecule has 0 saturated carbocycles. The van der Waals surface area contributed by atoms with Gasteiger partial charge in [0.25, 0.3) is 5.91 Å². The second-order valence-corrected chi connectivity index (χ2v) is 5.11. The van der Waals surface area contributed by atoms with Gasteiger partial charge in [-0.3, -0.25) is 9.78 Å². The van der Waals surface area contributed by atoms with Gasteiger partial charge in [-0.15, -0.1) is 0 Å². The molecule has 1 fully saturated rings. The number of methoxy groups -OCH3 is 1. The summed E-state index contributed by atoms with van der Waals surface area (Å²) in [7, 11) is 1.73. The topological polar surface area (TPSA) is 42.4 Å². The van der Waals surface area contributed by atoms with Crippen molar-refractivity contribution >= 4 is 16.7 Å². The Morgan fingerprint density at radius 2 is 2.00 bits per heavy atom. The molecule has 0 unspecified atom stereocenters. The van der Waals surface area contributed by atoms with Gasteiger partial charge >= 0.3 is 0 Å². The summed E-state index contributed by atoms with van der Waals surface area (Å²) in [5, 5.41) is 1.98. The maximum Gasteiger partial charge on any atom is 0.273 e. The van der Waals surface area contributed by atoms with E-state index >= 15 is 0 Å². The van der Waals surface area contributed by atoms with Gasteiger partial charge in [0, 0.05) is 31.8 Å². The number of hydrogen-bond donors (Lipinski definition) is 0. The van der Waals surface area contributed by atoms with Crippen molar-refractivity contribution < 1.29 is 9.53 Å². The molecule has 104 valence electrons. The summed E-state index contributed by atoms with van der Waals surface area (Å²) in [5.41, 5.74) is 0.555. The fourth-order valence-electron chi connectivity index (χ4n) is 2.73. The highest BCUT2D eigenvalue weighted by Gasteiger charge is 2.25. The van der Waals surface area contributed by atoms with E-state index in [2.05, 4.69) is 4.98 Å². The zero-order valence-electron chi connectivity index (χ0n) is 11.6. The number of aromatic nitrogens is 1. The Morgan fingerprint density at radius 3 is 2.75 bits per heavy atom. The van der Waals surface area contributed by atoms with E-state index in [0.29, 0.717) is 5.69 Å². The van der Waals surface area contributed by atoms with E-state index in [1.807, 2.05) is 35.2 Å². The number of hydrogen-bond acceptors (Lipinski definition) is 3. The SMILES string of the molecule is COC1CCN(C(=O)c2nccc3ccccc23)CC1. The van der Waals surface area contributed by atoms with Crippen LogP contribution in [0, 0.1) is 0 Å². The summed E-state index contributed by atoms with van der Waals surface area (Å²) in [6.45, 7) is 1.48. The first-order valence-electron chi connectivity index (χ1n) is 6.95. The molecular weight excluding hydrogens is 252 g/mol. The molecule has 1 amide bonds. The van der Waals surface area contributed by atoms with E-state index in [-0.39, 0.29) is 12.0 Å². The van der Waals surface area contributed by atoms with Crippen molar-refractivity contribution in [2.75, 3.05) is 20.2 Å². The highest BCUT2D eigenvalue weighted by Crippen LogP contribution is 2.20. The Morgan fingerprint density at radius 1 is 1.25 bits per heavy atom. The van der Waals surface area contributed by atoms with Crippen LogP contribution in [-0.4, -0.2) is 42.1 Å².